The van der Waals surface area contributed by atoms with Crippen molar-refractivity contribution in [2.75, 3.05) is 33.4 Å². The standard InChI is InChI=1S/C15H20N2O3/c1-19-14-4-2-11(3-5-14)6-17-7-12-9-20-10-13(8-17)16-15(12)18/h2-5,12-13H,6-10H2,1H3,(H,16,18)/t12-,13+/m1/s1. The minimum absolute atomic E-state index is 0.0549. The lowest BCUT2D eigenvalue weighted by Crippen LogP contribution is -2.41. The van der Waals surface area contributed by atoms with Crippen LogP contribution in [-0.2, 0) is 16.1 Å². The molecule has 1 aromatic carbocycles. The molecule has 2 aliphatic rings. The Balaban J connectivity index is 1.69. The molecular weight excluding hydrogens is 256 g/mol. The van der Waals surface area contributed by atoms with Gasteiger partial charge < -0.3 is 14.8 Å². The van der Waals surface area contributed by atoms with Crippen molar-refractivity contribution in [2.24, 2.45) is 5.92 Å². The number of fused-ring (bicyclic) bond motifs is 3. The predicted molar refractivity (Wildman–Crippen MR) is 74.5 cm³/mol. The third kappa shape index (κ3) is 2.94. The Kier molecular flexibility index (Phi) is 3.89. The summed E-state index contributed by atoms with van der Waals surface area (Å²) >= 11 is 0. The van der Waals surface area contributed by atoms with E-state index in [9.17, 15) is 4.79 Å². The fraction of sp³-hybridized carbons (Fsp3) is 0.533. The fourth-order valence-corrected chi connectivity index (χ4v) is 2.84. The van der Waals surface area contributed by atoms with Crippen LogP contribution in [0.1, 0.15) is 5.56 Å². The first kappa shape index (κ1) is 13.4. The maximum atomic E-state index is 11.9. The van der Waals surface area contributed by atoms with E-state index in [-0.39, 0.29) is 17.9 Å². The first-order valence-corrected chi connectivity index (χ1v) is 6.98. The lowest BCUT2D eigenvalue weighted by Gasteiger charge is -2.27. The minimum Gasteiger partial charge on any atom is -0.497 e. The summed E-state index contributed by atoms with van der Waals surface area (Å²) in [6, 6.07) is 8.20. The van der Waals surface area contributed by atoms with E-state index in [0.717, 1.165) is 25.4 Å². The van der Waals surface area contributed by atoms with Crippen molar-refractivity contribution in [3.8, 4) is 5.75 Å². The molecule has 0 radical (unpaired) electrons. The van der Waals surface area contributed by atoms with Crippen molar-refractivity contribution < 1.29 is 14.3 Å². The third-order valence-electron chi connectivity index (χ3n) is 3.88. The van der Waals surface area contributed by atoms with Gasteiger partial charge in [-0.1, -0.05) is 12.1 Å². The second kappa shape index (κ2) is 5.81. The molecule has 0 aromatic heterocycles. The van der Waals surface area contributed by atoms with Crippen molar-refractivity contribution in [2.45, 2.75) is 12.6 Å². The highest BCUT2D eigenvalue weighted by atomic mass is 16.5. The van der Waals surface area contributed by atoms with Crippen molar-refractivity contribution in [3.05, 3.63) is 29.8 Å². The number of nitrogens with zero attached hydrogens (tertiary/aromatic N) is 1. The van der Waals surface area contributed by atoms with Crippen LogP contribution in [0.2, 0.25) is 0 Å². The molecule has 5 nitrogen and oxygen atoms in total. The quantitative estimate of drug-likeness (QED) is 0.880. The van der Waals surface area contributed by atoms with Crippen LogP contribution in [0.5, 0.6) is 5.75 Å². The molecule has 1 amide bonds. The summed E-state index contributed by atoms with van der Waals surface area (Å²) in [6.07, 6.45) is 0. The van der Waals surface area contributed by atoms with Gasteiger partial charge >= 0.3 is 0 Å². The van der Waals surface area contributed by atoms with Gasteiger partial charge in [-0.15, -0.1) is 0 Å². The van der Waals surface area contributed by atoms with E-state index < -0.39 is 0 Å². The predicted octanol–water partition coefficient (Wildman–Crippen LogP) is 0.642. The molecule has 2 saturated heterocycles. The second-order valence-corrected chi connectivity index (χ2v) is 5.48. The summed E-state index contributed by atoms with van der Waals surface area (Å²) in [5.41, 5.74) is 1.24. The number of nitrogens with one attached hydrogen (secondary N) is 1. The largest absolute Gasteiger partial charge is 0.497 e. The Hall–Kier alpha value is -1.59. The molecule has 2 heterocycles. The number of rotatable bonds is 3. The first-order chi connectivity index (χ1) is 9.74. The van der Waals surface area contributed by atoms with E-state index in [0.29, 0.717) is 13.2 Å². The van der Waals surface area contributed by atoms with E-state index in [4.69, 9.17) is 9.47 Å². The number of benzene rings is 1. The van der Waals surface area contributed by atoms with Gasteiger partial charge in [0.25, 0.3) is 0 Å². The number of ether oxygens (including phenoxy) is 2. The summed E-state index contributed by atoms with van der Waals surface area (Å²) in [5, 5.41) is 3.05. The number of hydrogen-bond acceptors (Lipinski definition) is 4. The molecule has 2 bridgehead atoms. The summed E-state index contributed by atoms with van der Waals surface area (Å²) in [4.78, 5) is 14.3. The second-order valence-electron chi connectivity index (χ2n) is 5.48. The van der Waals surface area contributed by atoms with Crippen LogP contribution in [0.4, 0.5) is 0 Å². The summed E-state index contributed by atoms with van der Waals surface area (Å²) in [5.74, 6) is 0.942. The van der Waals surface area contributed by atoms with E-state index in [1.165, 1.54) is 5.56 Å². The number of hydrogen-bond donors (Lipinski definition) is 1. The Morgan fingerprint density at radius 3 is 2.85 bits per heavy atom. The van der Waals surface area contributed by atoms with Gasteiger partial charge in [0, 0.05) is 19.6 Å². The highest BCUT2D eigenvalue weighted by molar-refractivity contribution is 5.79. The van der Waals surface area contributed by atoms with Crippen molar-refractivity contribution in [1.82, 2.24) is 10.2 Å². The van der Waals surface area contributed by atoms with Gasteiger partial charge in [-0.3, -0.25) is 9.69 Å². The number of carbonyl (C=O) groups excluding carboxylic acids is 1. The molecule has 0 spiro atoms. The molecule has 2 fully saturated rings. The SMILES string of the molecule is COc1ccc(CN2C[C@H]3COC[C@@H](C2)C(=O)N3)cc1. The molecule has 3 rings (SSSR count). The molecular formula is C15H20N2O3. The highest BCUT2D eigenvalue weighted by Crippen LogP contribution is 2.18. The van der Waals surface area contributed by atoms with Gasteiger partial charge in [0.15, 0.2) is 0 Å². The summed E-state index contributed by atoms with van der Waals surface area (Å²) < 4.78 is 10.7. The number of methoxy groups -OCH3 is 1. The van der Waals surface area contributed by atoms with Crippen LogP contribution in [-0.4, -0.2) is 50.3 Å². The first-order valence-electron chi connectivity index (χ1n) is 6.98. The van der Waals surface area contributed by atoms with Crippen molar-refractivity contribution >= 4 is 5.91 Å². The smallest absolute Gasteiger partial charge is 0.227 e. The van der Waals surface area contributed by atoms with E-state index in [1.807, 2.05) is 12.1 Å². The Labute approximate surface area is 118 Å². The van der Waals surface area contributed by atoms with E-state index in [2.05, 4.69) is 22.3 Å². The molecule has 0 unspecified atom stereocenters. The van der Waals surface area contributed by atoms with Crippen LogP contribution in [0.25, 0.3) is 0 Å². The molecule has 20 heavy (non-hydrogen) atoms. The van der Waals surface area contributed by atoms with Crippen molar-refractivity contribution in [3.63, 3.8) is 0 Å². The molecule has 2 aliphatic heterocycles. The molecule has 1 N–H and O–H groups in total. The zero-order valence-electron chi connectivity index (χ0n) is 11.7. The lowest BCUT2D eigenvalue weighted by atomic mass is 10.1. The minimum atomic E-state index is -0.0549. The van der Waals surface area contributed by atoms with E-state index in [1.54, 1.807) is 7.11 Å². The van der Waals surface area contributed by atoms with Gasteiger partial charge in [0.05, 0.1) is 32.3 Å². The highest BCUT2D eigenvalue weighted by Gasteiger charge is 2.32. The summed E-state index contributed by atoms with van der Waals surface area (Å²) in [6.45, 7) is 3.59. The summed E-state index contributed by atoms with van der Waals surface area (Å²) in [7, 11) is 1.67. The molecule has 1 aromatic rings. The van der Waals surface area contributed by atoms with E-state index >= 15 is 0 Å². The van der Waals surface area contributed by atoms with Gasteiger partial charge in [0.2, 0.25) is 5.91 Å². The van der Waals surface area contributed by atoms with Crippen LogP contribution < -0.4 is 10.1 Å². The zero-order chi connectivity index (χ0) is 13.9. The average molecular weight is 276 g/mol. The van der Waals surface area contributed by atoms with Crippen LogP contribution in [0, 0.1) is 5.92 Å². The average Bonchev–Trinajstić information content (AvgIpc) is 2.68. The molecule has 108 valence electrons. The van der Waals surface area contributed by atoms with Gasteiger partial charge in [-0.2, -0.15) is 0 Å². The normalized spacial score (nSPS) is 26.8. The Bertz CT molecular complexity index is 475. The molecule has 2 atom stereocenters. The maximum Gasteiger partial charge on any atom is 0.227 e. The van der Waals surface area contributed by atoms with Crippen LogP contribution in [0.15, 0.2) is 24.3 Å². The zero-order valence-corrected chi connectivity index (χ0v) is 11.7. The third-order valence-corrected chi connectivity index (χ3v) is 3.88. The fourth-order valence-electron chi connectivity index (χ4n) is 2.84. The number of amides is 1. The molecule has 5 heteroatoms. The number of carbonyl (C=O) groups is 1. The maximum absolute atomic E-state index is 11.9. The van der Waals surface area contributed by atoms with Gasteiger partial charge in [0.1, 0.15) is 5.75 Å². The van der Waals surface area contributed by atoms with Crippen LogP contribution >= 0.6 is 0 Å². The Morgan fingerprint density at radius 2 is 2.10 bits per heavy atom. The molecule has 0 saturated carbocycles. The van der Waals surface area contributed by atoms with Gasteiger partial charge in [-0.05, 0) is 17.7 Å². The monoisotopic (exact) mass is 276 g/mol. The van der Waals surface area contributed by atoms with Crippen molar-refractivity contribution in [1.29, 1.82) is 0 Å². The van der Waals surface area contributed by atoms with Gasteiger partial charge in [-0.25, -0.2) is 0 Å². The lowest BCUT2D eigenvalue weighted by molar-refractivity contribution is -0.125. The van der Waals surface area contributed by atoms with Crippen LogP contribution in [0.3, 0.4) is 0 Å². The Morgan fingerprint density at radius 1 is 1.30 bits per heavy atom. The molecule has 0 aliphatic carbocycles. The topological polar surface area (TPSA) is 50.8 Å².